The predicted molar refractivity (Wildman–Crippen MR) is 65.1 cm³/mol. The van der Waals surface area contributed by atoms with E-state index in [1.54, 1.807) is 0 Å². The van der Waals surface area contributed by atoms with Crippen LogP contribution in [0.5, 0.6) is 0 Å². The standard InChI is InChI=1S/C11H22N4O2/c1-9(16)13-14-11(17)8-15-5-3-4-10(7-15)6-12-2/h10,12H,3-8H2,1-2H3,(H,13,16)(H,14,17). The number of carbonyl (C=O) groups is 2. The number of nitrogens with one attached hydrogen (secondary N) is 3. The quantitative estimate of drug-likeness (QED) is 0.558. The first kappa shape index (κ1) is 13.9. The van der Waals surface area contributed by atoms with E-state index in [4.69, 9.17) is 0 Å². The van der Waals surface area contributed by atoms with Gasteiger partial charge in [0.25, 0.3) is 5.91 Å². The van der Waals surface area contributed by atoms with Crippen molar-refractivity contribution in [3.05, 3.63) is 0 Å². The molecule has 0 aromatic rings. The van der Waals surface area contributed by atoms with Gasteiger partial charge in [-0.2, -0.15) is 0 Å². The number of nitrogens with zero attached hydrogens (tertiary/aromatic N) is 1. The number of carbonyl (C=O) groups excluding carboxylic acids is 2. The van der Waals surface area contributed by atoms with E-state index < -0.39 is 0 Å². The van der Waals surface area contributed by atoms with Gasteiger partial charge in [0.15, 0.2) is 0 Å². The Kier molecular flexibility index (Phi) is 5.93. The molecule has 0 spiro atoms. The van der Waals surface area contributed by atoms with Crippen LogP contribution in [0.2, 0.25) is 0 Å². The molecule has 1 aliphatic rings. The van der Waals surface area contributed by atoms with Crippen molar-refractivity contribution in [2.75, 3.05) is 33.2 Å². The second-order valence-electron chi connectivity index (χ2n) is 4.53. The highest BCUT2D eigenvalue weighted by atomic mass is 16.2. The van der Waals surface area contributed by atoms with Gasteiger partial charge >= 0.3 is 0 Å². The van der Waals surface area contributed by atoms with E-state index in [1.807, 2.05) is 7.05 Å². The van der Waals surface area contributed by atoms with Gasteiger partial charge in [0.1, 0.15) is 0 Å². The first-order valence-corrected chi connectivity index (χ1v) is 6.04. The molecule has 1 atom stereocenters. The van der Waals surface area contributed by atoms with E-state index in [0.717, 1.165) is 26.1 Å². The Balaban J connectivity index is 2.25. The molecule has 1 saturated heterocycles. The summed E-state index contributed by atoms with van der Waals surface area (Å²) in [5.41, 5.74) is 4.67. The molecule has 1 fully saturated rings. The van der Waals surface area contributed by atoms with Crippen LogP contribution in [0.3, 0.4) is 0 Å². The summed E-state index contributed by atoms with van der Waals surface area (Å²) < 4.78 is 0. The van der Waals surface area contributed by atoms with E-state index in [2.05, 4.69) is 21.1 Å². The van der Waals surface area contributed by atoms with Crippen LogP contribution in [0, 0.1) is 5.92 Å². The van der Waals surface area contributed by atoms with Gasteiger partial charge in [-0.3, -0.25) is 25.3 Å². The molecule has 17 heavy (non-hydrogen) atoms. The van der Waals surface area contributed by atoms with E-state index in [1.165, 1.54) is 13.3 Å². The van der Waals surface area contributed by atoms with Crippen molar-refractivity contribution < 1.29 is 9.59 Å². The smallest absolute Gasteiger partial charge is 0.252 e. The highest BCUT2D eigenvalue weighted by Crippen LogP contribution is 2.14. The molecule has 1 unspecified atom stereocenters. The average molecular weight is 242 g/mol. The Morgan fingerprint density at radius 1 is 1.35 bits per heavy atom. The zero-order valence-corrected chi connectivity index (χ0v) is 10.6. The number of rotatable bonds is 4. The second kappa shape index (κ2) is 7.24. The van der Waals surface area contributed by atoms with Crippen LogP contribution in [-0.2, 0) is 9.59 Å². The zero-order valence-electron chi connectivity index (χ0n) is 10.6. The van der Waals surface area contributed by atoms with E-state index in [9.17, 15) is 9.59 Å². The number of hydrogen-bond acceptors (Lipinski definition) is 4. The fourth-order valence-corrected chi connectivity index (χ4v) is 2.15. The molecule has 0 saturated carbocycles. The van der Waals surface area contributed by atoms with E-state index in [0.29, 0.717) is 12.5 Å². The SMILES string of the molecule is CNCC1CCCN(CC(=O)NNC(C)=O)C1. The molecule has 6 heteroatoms. The van der Waals surface area contributed by atoms with Crippen molar-refractivity contribution >= 4 is 11.8 Å². The first-order valence-electron chi connectivity index (χ1n) is 6.04. The molecule has 0 aliphatic carbocycles. The van der Waals surface area contributed by atoms with Gasteiger partial charge in [0.05, 0.1) is 6.54 Å². The molecular formula is C11H22N4O2. The maximum Gasteiger partial charge on any atom is 0.252 e. The number of hydrogen-bond donors (Lipinski definition) is 3. The molecule has 2 amide bonds. The van der Waals surface area contributed by atoms with Crippen molar-refractivity contribution in [3.63, 3.8) is 0 Å². The fourth-order valence-electron chi connectivity index (χ4n) is 2.15. The Labute approximate surface area is 102 Å². The highest BCUT2D eigenvalue weighted by molar-refractivity contribution is 5.81. The molecular weight excluding hydrogens is 220 g/mol. The molecule has 6 nitrogen and oxygen atoms in total. The topological polar surface area (TPSA) is 73.5 Å². The van der Waals surface area contributed by atoms with Crippen LogP contribution in [0.1, 0.15) is 19.8 Å². The lowest BCUT2D eigenvalue weighted by Crippen LogP contribution is -2.48. The van der Waals surface area contributed by atoms with Crippen LogP contribution < -0.4 is 16.2 Å². The molecule has 1 heterocycles. The number of piperidine rings is 1. The summed E-state index contributed by atoms with van der Waals surface area (Å²) >= 11 is 0. The highest BCUT2D eigenvalue weighted by Gasteiger charge is 2.20. The number of amides is 2. The number of likely N-dealkylation sites (tertiary alicyclic amines) is 1. The van der Waals surface area contributed by atoms with E-state index >= 15 is 0 Å². The lowest BCUT2D eigenvalue weighted by molar-refractivity contribution is -0.128. The normalized spacial score (nSPS) is 20.9. The van der Waals surface area contributed by atoms with Gasteiger partial charge < -0.3 is 5.32 Å². The van der Waals surface area contributed by atoms with Crippen molar-refractivity contribution in [2.45, 2.75) is 19.8 Å². The third kappa shape index (κ3) is 5.65. The van der Waals surface area contributed by atoms with Gasteiger partial charge in [-0.25, -0.2) is 0 Å². The molecule has 98 valence electrons. The van der Waals surface area contributed by atoms with Crippen LogP contribution in [0.15, 0.2) is 0 Å². The maximum absolute atomic E-state index is 11.5. The molecule has 0 aromatic carbocycles. The van der Waals surface area contributed by atoms with Crippen LogP contribution in [0.4, 0.5) is 0 Å². The third-order valence-corrected chi connectivity index (χ3v) is 2.84. The summed E-state index contributed by atoms with van der Waals surface area (Å²) in [6, 6.07) is 0. The Bertz CT molecular complexity index is 268. The van der Waals surface area contributed by atoms with Crippen molar-refractivity contribution in [2.24, 2.45) is 5.92 Å². The summed E-state index contributed by atoms with van der Waals surface area (Å²) in [5.74, 6) is 0.192. The number of hydrazine groups is 1. The third-order valence-electron chi connectivity index (χ3n) is 2.84. The molecule has 1 aliphatic heterocycles. The summed E-state index contributed by atoms with van der Waals surface area (Å²) in [4.78, 5) is 24.3. The second-order valence-corrected chi connectivity index (χ2v) is 4.53. The van der Waals surface area contributed by atoms with Crippen LogP contribution in [-0.4, -0.2) is 49.9 Å². The first-order chi connectivity index (χ1) is 8.11. The Morgan fingerprint density at radius 2 is 2.12 bits per heavy atom. The average Bonchev–Trinajstić information content (AvgIpc) is 2.27. The summed E-state index contributed by atoms with van der Waals surface area (Å²) in [6.07, 6.45) is 2.34. The molecule has 3 N–H and O–H groups in total. The summed E-state index contributed by atoms with van der Waals surface area (Å²) in [7, 11) is 1.95. The minimum atomic E-state index is -0.259. The lowest BCUT2D eigenvalue weighted by Gasteiger charge is -2.32. The maximum atomic E-state index is 11.5. The van der Waals surface area contributed by atoms with Gasteiger partial charge in [-0.05, 0) is 38.9 Å². The molecule has 1 rings (SSSR count). The fraction of sp³-hybridized carbons (Fsp3) is 0.818. The minimum absolute atomic E-state index is 0.162. The zero-order chi connectivity index (χ0) is 12.7. The summed E-state index contributed by atoms with van der Waals surface area (Å²) in [5, 5.41) is 3.17. The van der Waals surface area contributed by atoms with Crippen LogP contribution in [0.25, 0.3) is 0 Å². The van der Waals surface area contributed by atoms with Gasteiger partial charge in [0.2, 0.25) is 5.91 Å². The van der Waals surface area contributed by atoms with E-state index in [-0.39, 0.29) is 11.8 Å². The minimum Gasteiger partial charge on any atom is -0.319 e. The van der Waals surface area contributed by atoms with Crippen LogP contribution >= 0.6 is 0 Å². The monoisotopic (exact) mass is 242 g/mol. The molecule has 0 radical (unpaired) electrons. The molecule has 0 aromatic heterocycles. The largest absolute Gasteiger partial charge is 0.319 e. The van der Waals surface area contributed by atoms with Crippen molar-refractivity contribution in [1.29, 1.82) is 0 Å². The Morgan fingerprint density at radius 3 is 2.76 bits per heavy atom. The lowest BCUT2D eigenvalue weighted by atomic mass is 9.98. The van der Waals surface area contributed by atoms with Gasteiger partial charge in [0, 0.05) is 13.5 Å². The van der Waals surface area contributed by atoms with Gasteiger partial charge in [-0.1, -0.05) is 0 Å². The summed E-state index contributed by atoms with van der Waals surface area (Å²) in [6.45, 7) is 4.59. The predicted octanol–water partition coefficient (Wildman–Crippen LogP) is -0.915. The Hall–Kier alpha value is -1.14. The van der Waals surface area contributed by atoms with Gasteiger partial charge in [-0.15, -0.1) is 0 Å². The molecule has 0 bridgehead atoms. The van der Waals surface area contributed by atoms with Crippen molar-refractivity contribution in [1.82, 2.24) is 21.1 Å². The van der Waals surface area contributed by atoms with Crippen molar-refractivity contribution in [3.8, 4) is 0 Å².